The number of methoxy groups -OCH3 is 2. The summed E-state index contributed by atoms with van der Waals surface area (Å²) < 4.78 is 10.9. The van der Waals surface area contributed by atoms with Gasteiger partial charge in [-0.15, -0.1) is 0 Å². The van der Waals surface area contributed by atoms with Crippen LogP contribution in [-0.4, -0.2) is 37.1 Å². The van der Waals surface area contributed by atoms with Crippen molar-refractivity contribution in [2.75, 3.05) is 21.3 Å². The lowest BCUT2D eigenvalue weighted by Crippen LogP contribution is -2.17. The number of carbonyl (C=O) groups is 1. The van der Waals surface area contributed by atoms with E-state index in [1.54, 1.807) is 19.1 Å². The molecule has 26 heavy (non-hydrogen) atoms. The zero-order valence-electron chi connectivity index (χ0n) is 15.3. The summed E-state index contributed by atoms with van der Waals surface area (Å²) in [7, 11) is 5.09. The van der Waals surface area contributed by atoms with Crippen LogP contribution in [0.2, 0.25) is 0 Å². The molecule has 0 bridgehead atoms. The van der Waals surface area contributed by atoms with E-state index in [2.05, 4.69) is 19.1 Å². The van der Waals surface area contributed by atoms with Crippen LogP contribution in [0.5, 0.6) is 11.5 Å². The van der Waals surface area contributed by atoms with Crippen molar-refractivity contribution in [2.24, 2.45) is 0 Å². The smallest absolute Gasteiger partial charge is 0.254 e. The van der Waals surface area contributed by atoms with E-state index < -0.39 is 0 Å². The number of amides is 1. The van der Waals surface area contributed by atoms with Gasteiger partial charge in [-0.3, -0.25) is 4.79 Å². The largest absolute Gasteiger partial charge is 0.497 e. The van der Waals surface area contributed by atoms with Gasteiger partial charge in [-0.05, 0) is 42.3 Å². The van der Waals surface area contributed by atoms with E-state index in [0.29, 0.717) is 12.3 Å². The highest BCUT2D eigenvalue weighted by atomic mass is 16.5. The molecule has 0 fully saturated rings. The lowest BCUT2D eigenvalue weighted by molar-refractivity contribution is 0.0816. The number of rotatable bonds is 3. The van der Waals surface area contributed by atoms with Crippen molar-refractivity contribution in [1.29, 1.82) is 0 Å². The van der Waals surface area contributed by atoms with Gasteiger partial charge >= 0.3 is 0 Å². The fourth-order valence-electron chi connectivity index (χ4n) is 3.48. The number of benzene rings is 2. The monoisotopic (exact) mass is 348 g/mol. The molecule has 0 unspecified atom stereocenters. The van der Waals surface area contributed by atoms with Crippen LogP contribution in [0.25, 0.3) is 22.2 Å². The van der Waals surface area contributed by atoms with Crippen LogP contribution in [0.4, 0.5) is 0 Å². The van der Waals surface area contributed by atoms with E-state index in [9.17, 15) is 4.79 Å². The first-order chi connectivity index (χ1) is 12.5. The zero-order valence-corrected chi connectivity index (χ0v) is 15.3. The van der Waals surface area contributed by atoms with Gasteiger partial charge in [0.1, 0.15) is 17.0 Å². The first kappa shape index (κ1) is 16.4. The first-order valence-corrected chi connectivity index (χ1v) is 8.44. The van der Waals surface area contributed by atoms with E-state index >= 15 is 0 Å². The first-order valence-electron chi connectivity index (χ1n) is 8.44. The number of hydrogen-bond donors (Lipinski definition) is 0. The molecule has 0 atom stereocenters. The Labute approximate surface area is 152 Å². The Balaban J connectivity index is 1.88. The van der Waals surface area contributed by atoms with Crippen LogP contribution in [0.3, 0.4) is 0 Å². The summed E-state index contributed by atoms with van der Waals surface area (Å²) in [6.07, 6.45) is 0. The van der Waals surface area contributed by atoms with Crippen molar-refractivity contribution >= 4 is 16.8 Å². The van der Waals surface area contributed by atoms with Crippen LogP contribution in [-0.2, 0) is 6.54 Å². The van der Waals surface area contributed by atoms with Crippen molar-refractivity contribution in [1.82, 2.24) is 9.88 Å². The number of hydrogen-bond acceptors (Lipinski definition) is 4. The standard InChI is InChI=1S/C21H20N2O3/c1-12-7-18(13-5-6-16-14(8-13)11-23(2)21(16)24)22-20-17(12)9-15(25-3)10-19(20)26-4/h5-10H,11H2,1-4H3. The summed E-state index contributed by atoms with van der Waals surface area (Å²) in [6, 6.07) is 11.8. The number of carbonyl (C=O) groups excluding carboxylic acids is 1. The number of aryl methyl sites for hydroxylation is 1. The molecule has 5 heteroatoms. The predicted molar refractivity (Wildman–Crippen MR) is 101 cm³/mol. The highest BCUT2D eigenvalue weighted by Crippen LogP contribution is 2.35. The Hall–Kier alpha value is -3.08. The molecular weight excluding hydrogens is 328 g/mol. The fourth-order valence-corrected chi connectivity index (χ4v) is 3.48. The highest BCUT2D eigenvalue weighted by Gasteiger charge is 2.24. The normalized spacial score (nSPS) is 13.2. The van der Waals surface area contributed by atoms with Crippen molar-refractivity contribution in [3.8, 4) is 22.8 Å². The molecule has 1 amide bonds. The summed E-state index contributed by atoms with van der Waals surface area (Å²) in [5.41, 5.74) is 5.57. The molecule has 2 heterocycles. The molecule has 0 radical (unpaired) electrons. The molecular formula is C21H20N2O3. The molecule has 5 nitrogen and oxygen atoms in total. The average molecular weight is 348 g/mol. The van der Waals surface area contributed by atoms with Gasteiger partial charge in [0.05, 0.1) is 19.9 Å². The van der Waals surface area contributed by atoms with Gasteiger partial charge in [0.25, 0.3) is 5.91 Å². The third kappa shape index (κ3) is 2.47. The Bertz CT molecular complexity index is 1040. The second-order valence-corrected chi connectivity index (χ2v) is 6.58. The summed E-state index contributed by atoms with van der Waals surface area (Å²) >= 11 is 0. The zero-order chi connectivity index (χ0) is 18.4. The molecule has 2 aromatic carbocycles. The minimum absolute atomic E-state index is 0.0722. The minimum atomic E-state index is 0.0722. The molecule has 0 saturated carbocycles. The maximum Gasteiger partial charge on any atom is 0.254 e. The van der Waals surface area contributed by atoms with E-state index in [1.807, 2.05) is 31.3 Å². The molecule has 1 aliphatic rings. The molecule has 132 valence electrons. The predicted octanol–water partition coefficient (Wildman–Crippen LogP) is 3.81. The lowest BCUT2D eigenvalue weighted by Gasteiger charge is -2.12. The summed E-state index contributed by atoms with van der Waals surface area (Å²) in [5, 5.41) is 1.00. The maximum atomic E-state index is 12.1. The van der Waals surface area contributed by atoms with E-state index in [4.69, 9.17) is 14.5 Å². The minimum Gasteiger partial charge on any atom is -0.497 e. The van der Waals surface area contributed by atoms with Crippen LogP contribution >= 0.6 is 0 Å². The number of ether oxygens (including phenoxy) is 2. The lowest BCUT2D eigenvalue weighted by atomic mass is 10.0. The Morgan fingerprint density at radius 1 is 1.08 bits per heavy atom. The van der Waals surface area contributed by atoms with Gasteiger partial charge < -0.3 is 14.4 Å². The molecule has 0 N–H and O–H groups in total. The molecule has 1 aromatic heterocycles. The van der Waals surface area contributed by atoms with E-state index in [1.165, 1.54) is 0 Å². The number of pyridine rings is 1. The second-order valence-electron chi connectivity index (χ2n) is 6.58. The Morgan fingerprint density at radius 2 is 1.88 bits per heavy atom. The SMILES string of the molecule is COc1cc(OC)c2nc(-c3ccc4c(c3)CN(C)C4=O)cc(C)c2c1. The number of aromatic nitrogens is 1. The van der Waals surface area contributed by atoms with Gasteiger partial charge in [0.2, 0.25) is 0 Å². The molecule has 4 rings (SSSR count). The van der Waals surface area contributed by atoms with Gasteiger partial charge in [0, 0.05) is 36.2 Å². The van der Waals surface area contributed by atoms with E-state index in [0.717, 1.165) is 44.6 Å². The van der Waals surface area contributed by atoms with Gasteiger partial charge in [-0.25, -0.2) is 4.98 Å². The second kappa shape index (κ2) is 6.02. The third-order valence-electron chi connectivity index (χ3n) is 4.90. The topological polar surface area (TPSA) is 51.7 Å². The Kier molecular flexibility index (Phi) is 3.80. The van der Waals surface area contributed by atoms with E-state index in [-0.39, 0.29) is 5.91 Å². The number of nitrogens with zero attached hydrogens (tertiary/aromatic N) is 2. The van der Waals surface area contributed by atoms with Gasteiger partial charge in [0.15, 0.2) is 0 Å². The van der Waals surface area contributed by atoms with Crippen LogP contribution in [0.1, 0.15) is 21.5 Å². The summed E-state index contributed by atoms with van der Waals surface area (Å²) in [6.45, 7) is 2.69. The summed E-state index contributed by atoms with van der Waals surface area (Å²) in [4.78, 5) is 18.7. The van der Waals surface area contributed by atoms with Gasteiger partial charge in [-0.2, -0.15) is 0 Å². The number of fused-ring (bicyclic) bond motifs is 2. The molecule has 0 aliphatic carbocycles. The van der Waals surface area contributed by atoms with Crippen LogP contribution in [0.15, 0.2) is 36.4 Å². The van der Waals surface area contributed by atoms with Crippen LogP contribution in [0, 0.1) is 6.92 Å². The van der Waals surface area contributed by atoms with Crippen molar-refractivity contribution in [3.05, 3.63) is 53.1 Å². The van der Waals surface area contributed by atoms with Crippen molar-refractivity contribution in [2.45, 2.75) is 13.5 Å². The summed E-state index contributed by atoms with van der Waals surface area (Å²) in [5.74, 6) is 1.49. The highest BCUT2D eigenvalue weighted by molar-refractivity contribution is 5.99. The van der Waals surface area contributed by atoms with Gasteiger partial charge in [-0.1, -0.05) is 6.07 Å². The maximum absolute atomic E-state index is 12.1. The molecule has 1 aliphatic heterocycles. The average Bonchev–Trinajstić information content (AvgIpc) is 2.94. The van der Waals surface area contributed by atoms with Crippen molar-refractivity contribution < 1.29 is 14.3 Å². The van der Waals surface area contributed by atoms with Crippen LogP contribution < -0.4 is 9.47 Å². The quantitative estimate of drug-likeness (QED) is 0.722. The molecule has 0 spiro atoms. The van der Waals surface area contributed by atoms with Crippen molar-refractivity contribution in [3.63, 3.8) is 0 Å². The molecule has 3 aromatic rings. The Morgan fingerprint density at radius 3 is 2.62 bits per heavy atom. The third-order valence-corrected chi connectivity index (χ3v) is 4.90. The molecule has 0 saturated heterocycles. The fraction of sp³-hybridized carbons (Fsp3) is 0.238.